The van der Waals surface area contributed by atoms with Crippen LogP contribution < -0.4 is 10.6 Å². The Kier molecular flexibility index (Phi) is 9.78. The van der Waals surface area contributed by atoms with Crippen molar-refractivity contribution in [3.8, 4) is 0 Å². The number of nitrogens with zero attached hydrogens (tertiary/aromatic N) is 2. The molecule has 1 aliphatic heterocycles. The van der Waals surface area contributed by atoms with Crippen molar-refractivity contribution >= 4 is 29.9 Å². The zero-order valence-electron chi connectivity index (χ0n) is 13.1. The molecule has 2 atom stereocenters. The fraction of sp³-hybridized carbons (Fsp3) is 0.929. The first-order chi connectivity index (χ1) is 8.52. The lowest BCUT2D eigenvalue weighted by Gasteiger charge is -2.35. The summed E-state index contributed by atoms with van der Waals surface area (Å²) in [5, 5.41) is 6.73. The third-order valence-corrected chi connectivity index (χ3v) is 3.53. The summed E-state index contributed by atoms with van der Waals surface area (Å²) in [6.45, 7) is 12.3. The molecule has 0 amide bonds. The standard InChI is InChI=1S/C14H30N4.HI/c1-11(2)17-14(15-5)16-9-13(4)18-8-6-7-12(3)10-18;/h11-13H,6-10H2,1-5H3,(H2,15,16,17);1H. The van der Waals surface area contributed by atoms with Gasteiger partial charge in [0.15, 0.2) is 5.96 Å². The fourth-order valence-electron chi connectivity index (χ4n) is 2.47. The van der Waals surface area contributed by atoms with Crippen LogP contribution in [0.25, 0.3) is 0 Å². The second-order valence-electron chi connectivity index (χ2n) is 5.84. The Balaban J connectivity index is 0.00000324. The van der Waals surface area contributed by atoms with Gasteiger partial charge in [0.25, 0.3) is 0 Å². The SMILES string of the molecule is CN=C(NCC(C)N1CCCC(C)C1)NC(C)C.I. The molecule has 2 N–H and O–H groups in total. The molecule has 1 fully saturated rings. The fourth-order valence-corrected chi connectivity index (χ4v) is 2.47. The van der Waals surface area contributed by atoms with Gasteiger partial charge in [-0.15, -0.1) is 24.0 Å². The van der Waals surface area contributed by atoms with E-state index in [0.29, 0.717) is 12.1 Å². The minimum absolute atomic E-state index is 0. The summed E-state index contributed by atoms with van der Waals surface area (Å²) >= 11 is 0. The number of hydrogen-bond donors (Lipinski definition) is 2. The van der Waals surface area contributed by atoms with E-state index in [2.05, 4.69) is 48.2 Å². The van der Waals surface area contributed by atoms with Crippen molar-refractivity contribution in [1.82, 2.24) is 15.5 Å². The van der Waals surface area contributed by atoms with Crippen LogP contribution in [0.15, 0.2) is 4.99 Å². The molecule has 114 valence electrons. The van der Waals surface area contributed by atoms with Crippen molar-refractivity contribution in [2.24, 2.45) is 10.9 Å². The zero-order valence-corrected chi connectivity index (χ0v) is 15.4. The van der Waals surface area contributed by atoms with E-state index in [-0.39, 0.29) is 24.0 Å². The molecule has 0 aromatic carbocycles. The Hall–Kier alpha value is -0.0400. The molecule has 0 radical (unpaired) electrons. The van der Waals surface area contributed by atoms with E-state index in [4.69, 9.17) is 0 Å². The topological polar surface area (TPSA) is 39.7 Å². The molecular weight excluding hydrogens is 351 g/mol. The minimum atomic E-state index is 0. The maximum absolute atomic E-state index is 4.24. The molecular formula is C14H31IN4. The summed E-state index contributed by atoms with van der Waals surface area (Å²) in [6, 6.07) is 0.986. The van der Waals surface area contributed by atoms with Crippen LogP contribution in [0.2, 0.25) is 0 Å². The normalized spacial score (nSPS) is 22.8. The first-order valence-electron chi connectivity index (χ1n) is 7.24. The average molecular weight is 382 g/mol. The van der Waals surface area contributed by atoms with Crippen LogP contribution in [0.3, 0.4) is 0 Å². The Morgan fingerprint density at radius 3 is 2.58 bits per heavy atom. The summed E-state index contributed by atoms with van der Waals surface area (Å²) in [6.07, 6.45) is 2.72. The number of piperidine rings is 1. The highest BCUT2D eigenvalue weighted by Gasteiger charge is 2.20. The van der Waals surface area contributed by atoms with Gasteiger partial charge in [-0.3, -0.25) is 9.89 Å². The number of hydrogen-bond acceptors (Lipinski definition) is 2. The van der Waals surface area contributed by atoms with Crippen molar-refractivity contribution in [1.29, 1.82) is 0 Å². The van der Waals surface area contributed by atoms with Crippen LogP contribution in [0.4, 0.5) is 0 Å². The quantitative estimate of drug-likeness (QED) is 0.445. The average Bonchev–Trinajstić information content (AvgIpc) is 2.33. The summed E-state index contributed by atoms with van der Waals surface area (Å²) in [7, 11) is 1.82. The van der Waals surface area contributed by atoms with Gasteiger partial charge in [0.2, 0.25) is 0 Å². The molecule has 2 unspecified atom stereocenters. The van der Waals surface area contributed by atoms with Gasteiger partial charge in [-0.1, -0.05) is 6.92 Å². The van der Waals surface area contributed by atoms with E-state index in [1.165, 1.54) is 25.9 Å². The lowest BCUT2D eigenvalue weighted by molar-refractivity contribution is 0.139. The van der Waals surface area contributed by atoms with E-state index < -0.39 is 0 Å². The number of likely N-dealkylation sites (tertiary alicyclic amines) is 1. The predicted molar refractivity (Wildman–Crippen MR) is 94.5 cm³/mol. The molecule has 0 saturated carbocycles. The molecule has 0 aliphatic carbocycles. The van der Waals surface area contributed by atoms with Crippen LogP contribution in [-0.2, 0) is 0 Å². The zero-order chi connectivity index (χ0) is 13.5. The van der Waals surface area contributed by atoms with Gasteiger partial charge in [0.05, 0.1) is 0 Å². The maximum Gasteiger partial charge on any atom is 0.191 e. The Morgan fingerprint density at radius 1 is 1.37 bits per heavy atom. The Bertz CT molecular complexity index is 268. The lowest BCUT2D eigenvalue weighted by Crippen LogP contribution is -2.49. The van der Waals surface area contributed by atoms with Gasteiger partial charge >= 0.3 is 0 Å². The molecule has 0 aromatic rings. The molecule has 1 saturated heterocycles. The first kappa shape index (κ1) is 19.0. The maximum atomic E-state index is 4.24. The Labute approximate surface area is 135 Å². The predicted octanol–water partition coefficient (Wildman–Crippen LogP) is 2.30. The third-order valence-electron chi connectivity index (χ3n) is 3.53. The number of guanidine groups is 1. The third kappa shape index (κ3) is 7.34. The van der Waals surface area contributed by atoms with E-state index >= 15 is 0 Å². The van der Waals surface area contributed by atoms with Crippen molar-refractivity contribution in [2.45, 2.75) is 52.6 Å². The molecule has 1 heterocycles. The molecule has 0 bridgehead atoms. The van der Waals surface area contributed by atoms with Gasteiger partial charge < -0.3 is 10.6 Å². The highest BCUT2D eigenvalue weighted by molar-refractivity contribution is 14.0. The molecule has 1 aliphatic rings. The van der Waals surface area contributed by atoms with Gasteiger partial charge in [-0.25, -0.2) is 0 Å². The summed E-state index contributed by atoms with van der Waals surface area (Å²) < 4.78 is 0. The molecule has 0 spiro atoms. The first-order valence-corrected chi connectivity index (χ1v) is 7.24. The molecule has 4 nitrogen and oxygen atoms in total. The molecule has 1 rings (SSSR count). The van der Waals surface area contributed by atoms with E-state index in [1.807, 2.05) is 7.05 Å². The second-order valence-corrected chi connectivity index (χ2v) is 5.84. The van der Waals surface area contributed by atoms with Crippen molar-refractivity contribution < 1.29 is 0 Å². The molecule has 5 heteroatoms. The minimum Gasteiger partial charge on any atom is -0.355 e. The van der Waals surface area contributed by atoms with Gasteiger partial charge in [0, 0.05) is 32.2 Å². The summed E-state index contributed by atoms with van der Waals surface area (Å²) in [5.74, 6) is 1.75. The van der Waals surface area contributed by atoms with Crippen LogP contribution in [0, 0.1) is 5.92 Å². The van der Waals surface area contributed by atoms with E-state index in [9.17, 15) is 0 Å². The van der Waals surface area contributed by atoms with Crippen molar-refractivity contribution in [2.75, 3.05) is 26.7 Å². The monoisotopic (exact) mass is 382 g/mol. The smallest absolute Gasteiger partial charge is 0.191 e. The summed E-state index contributed by atoms with van der Waals surface area (Å²) in [5.41, 5.74) is 0. The lowest BCUT2D eigenvalue weighted by atomic mass is 9.99. The summed E-state index contributed by atoms with van der Waals surface area (Å²) in [4.78, 5) is 6.82. The van der Waals surface area contributed by atoms with Crippen molar-refractivity contribution in [3.05, 3.63) is 0 Å². The van der Waals surface area contributed by atoms with Crippen LogP contribution in [0.5, 0.6) is 0 Å². The highest BCUT2D eigenvalue weighted by atomic mass is 127. The van der Waals surface area contributed by atoms with E-state index in [0.717, 1.165) is 18.4 Å². The number of halogens is 1. The molecule has 0 aromatic heterocycles. The Morgan fingerprint density at radius 2 is 2.05 bits per heavy atom. The van der Waals surface area contributed by atoms with Crippen LogP contribution in [-0.4, -0.2) is 49.6 Å². The number of nitrogens with one attached hydrogen (secondary N) is 2. The highest BCUT2D eigenvalue weighted by Crippen LogP contribution is 2.17. The number of aliphatic imine (C=N–C) groups is 1. The van der Waals surface area contributed by atoms with Crippen LogP contribution in [0.1, 0.15) is 40.5 Å². The van der Waals surface area contributed by atoms with E-state index in [1.54, 1.807) is 0 Å². The van der Waals surface area contributed by atoms with Gasteiger partial charge in [-0.2, -0.15) is 0 Å². The van der Waals surface area contributed by atoms with Crippen LogP contribution >= 0.6 is 24.0 Å². The van der Waals surface area contributed by atoms with Gasteiger partial charge in [0.1, 0.15) is 0 Å². The molecule has 19 heavy (non-hydrogen) atoms. The number of rotatable bonds is 4. The second kappa shape index (κ2) is 9.80. The van der Waals surface area contributed by atoms with Crippen molar-refractivity contribution in [3.63, 3.8) is 0 Å². The van der Waals surface area contributed by atoms with Gasteiger partial charge in [-0.05, 0) is 46.1 Å². The largest absolute Gasteiger partial charge is 0.355 e.